The Morgan fingerprint density at radius 3 is 2.67 bits per heavy atom. The number of halogens is 1. The molecule has 82 valence electrons. The average molecular weight is 269 g/mol. The smallest absolute Gasteiger partial charge is 0.0481 e. The lowest BCUT2D eigenvalue weighted by molar-refractivity contribution is 0.239. The highest BCUT2D eigenvalue weighted by Crippen LogP contribution is 2.34. The first-order valence-corrected chi connectivity index (χ1v) is 6.19. The predicted molar refractivity (Wildman–Crippen MR) is 66.7 cm³/mol. The zero-order valence-electron chi connectivity index (χ0n) is 8.99. The average Bonchev–Trinajstić information content (AvgIpc) is 3.05. The zero-order chi connectivity index (χ0) is 10.8. The maximum atomic E-state index is 5.88. The zero-order valence-corrected chi connectivity index (χ0v) is 10.6. The molecule has 2 N–H and O–H groups in total. The summed E-state index contributed by atoms with van der Waals surface area (Å²) in [7, 11) is 2.18. The van der Waals surface area contributed by atoms with Crippen LogP contribution in [0.25, 0.3) is 0 Å². The summed E-state index contributed by atoms with van der Waals surface area (Å²) in [4.78, 5) is 2.40. The Labute approximate surface area is 99.6 Å². The van der Waals surface area contributed by atoms with Gasteiger partial charge in [-0.2, -0.15) is 0 Å². The summed E-state index contributed by atoms with van der Waals surface area (Å²) in [5, 5.41) is 0. The van der Waals surface area contributed by atoms with Gasteiger partial charge in [0.15, 0.2) is 0 Å². The van der Waals surface area contributed by atoms with Crippen molar-refractivity contribution in [2.45, 2.75) is 24.9 Å². The lowest BCUT2D eigenvalue weighted by atomic mass is 10.1. The highest BCUT2D eigenvalue weighted by atomic mass is 79.9. The van der Waals surface area contributed by atoms with E-state index in [0.717, 1.165) is 10.5 Å². The number of hydrogen-bond donors (Lipinski definition) is 1. The fourth-order valence-corrected chi connectivity index (χ4v) is 2.54. The molecule has 1 aromatic rings. The molecule has 2 rings (SSSR count). The van der Waals surface area contributed by atoms with E-state index in [9.17, 15) is 0 Å². The standard InChI is InChI=1S/C12H17BrN2/c1-15(9-6-7-9)12(8-14)10-4-2-3-5-11(10)13/h2-5,9,12H,6-8,14H2,1H3. The number of likely N-dealkylation sites (N-methyl/N-ethyl adjacent to an activating group) is 1. The second-order valence-electron chi connectivity index (χ2n) is 4.17. The van der Waals surface area contributed by atoms with E-state index in [2.05, 4.69) is 46.1 Å². The van der Waals surface area contributed by atoms with E-state index in [1.807, 2.05) is 6.07 Å². The van der Waals surface area contributed by atoms with Crippen LogP contribution >= 0.6 is 15.9 Å². The number of rotatable bonds is 4. The van der Waals surface area contributed by atoms with Gasteiger partial charge in [-0.15, -0.1) is 0 Å². The Hall–Kier alpha value is -0.380. The maximum absolute atomic E-state index is 5.88. The van der Waals surface area contributed by atoms with Gasteiger partial charge >= 0.3 is 0 Å². The van der Waals surface area contributed by atoms with Crippen molar-refractivity contribution in [1.82, 2.24) is 4.90 Å². The van der Waals surface area contributed by atoms with Crippen LogP contribution in [0.3, 0.4) is 0 Å². The molecule has 1 saturated carbocycles. The van der Waals surface area contributed by atoms with Crippen LogP contribution in [-0.4, -0.2) is 24.5 Å². The van der Waals surface area contributed by atoms with E-state index < -0.39 is 0 Å². The molecule has 1 fully saturated rings. The largest absolute Gasteiger partial charge is 0.329 e. The second kappa shape index (κ2) is 4.64. The number of benzene rings is 1. The molecular weight excluding hydrogens is 252 g/mol. The van der Waals surface area contributed by atoms with E-state index in [1.165, 1.54) is 18.4 Å². The van der Waals surface area contributed by atoms with Crippen molar-refractivity contribution in [3.63, 3.8) is 0 Å². The number of hydrogen-bond acceptors (Lipinski definition) is 2. The third kappa shape index (κ3) is 2.41. The predicted octanol–water partition coefficient (Wildman–Crippen LogP) is 2.54. The van der Waals surface area contributed by atoms with Crippen LogP contribution < -0.4 is 5.73 Å². The van der Waals surface area contributed by atoms with Crippen molar-refractivity contribution in [2.75, 3.05) is 13.6 Å². The lowest BCUT2D eigenvalue weighted by Crippen LogP contribution is -2.32. The van der Waals surface area contributed by atoms with Crippen molar-refractivity contribution in [3.05, 3.63) is 34.3 Å². The van der Waals surface area contributed by atoms with Crippen LogP contribution in [0.2, 0.25) is 0 Å². The van der Waals surface area contributed by atoms with Crippen LogP contribution in [0.1, 0.15) is 24.4 Å². The summed E-state index contributed by atoms with van der Waals surface area (Å²) in [6.45, 7) is 0.676. The Kier molecular flexibility index (Phi) is 3.44. The topological polar surface area (TPSA) is 29.3 Å². The lowest BCUT2D eigenvalue weighted by Gasteiger charge is -2.28. The Morgan fingerprint density at radius 2 is 2.13 bits per heavy atom. The molecular formula is C12H17BrN2. The summed E-state index contributed by atoms with van der Waals surface area (Å²) >= 11 is 3.59. The molecule has 1 unspecified atom stereocenters. The third-order valence-electron chi connectivity index (χ3n) is 3.10. The highest BCUT2D eigenvalue weighted by molar-refractivity contribution is 9.10. The van der Waals surface area contributed by atoms with Crippen molar-refractivity contribution >= 4 is 15.9 Å². The van der Waals surface area contributed by atoms with Gasteiger partial charge in [-0.25, -0.2) is 0 Å². The van der Waals surface area contributed by atoms with Gasteiger partial charge in [-0.05, 0) is 31.5 Å². The van der Waals surface area contributed by atoms with E-state index in [4.69, 9.17) is 5.73 Å². The van der Waals surface area contributed by atoms with E-state index in [1.54, 1.807) is 0 Å². The Morgan fingerprint density at radius 1 is 1.47 bits per heavy atom. The summed E-state index contributed by atoms with van der Waals surface area (Å²) in [6.07, 6.45) is 2.63. The summed E-state index contributed by atoms with van der Waals surface area (Å²) in [6, 6.07) is 9.43. The number of nitrogens with two attached hydrogens (primary N) is 1. The van der Waals surface area contributed by atoms with Gasteiger partial charge in [0, 0.05) is 23.1 Å². The molecule has 0 aromatic heterocycles. The van der Waals surface area contributed by atoms with Crippen molar-refractivity contribution in [3.8, 4) is 0 Å². The van der Waals surface area contributed by atoms with Gasteiger partial charge in [-0.1, -0.05) is 34.1 Å². The van der Waals surface area contributed by atoms with Crippen LogP contribution in [-0.2, 0) is 0 Å². The minimum Gasteiger partial charge on any atom is -0.329 e. The molecule has 0 bridgehead atoms. The van der Waals surface area contributed by atoms with Gasteiger partial charge < -0.3 is 5.73 Å². The van der Waals surface area contributed by atoms with Crippen LogP contribution in [0.15, 0.2) is 28.7 Å². The molecule has 1 aliphatic carbocycles. The third-order valence-corrected chi connectivity index (χ3v) is 3.82. The Bertz CT molecular complexity index is 336. The van der Waals surface area contributed by atoms with Crippen molar-refractivity contribution < 1.29 is 0 Å². The van der Waals surface area contributed by atoms with Gasteiger partial charge in [0.1, 0.15) is 0 Å². The minimum atomic E-state index is 0.341. The first-order valence-electron chi connectivity index (χ1n) is 5.40. The van der Waals surface area contributed by atoms with Gasteiger partial charge in [0.25, 0.3) is 0 Å². The molecule has 0 radical (unpaired) electrons. The molecule has 1 aromatic carbocycles. The van der Waals surface area contributed by atoms with Gasteiger partial charge in [-0.3, -0.25) is 4.90 Å². The number of nitrogens with zero attached hydrogens (tertiary/aromatic N) is 1. The minimum absolute atomic E-state index is 0.341. The molecule has 3 heteroatoms. The monoisotopic (exact) mass is 268 g/mol. The first kappa shape index (κ1) is 11.1. The summed E-state index contributed by atoms with van der Waals surface area (Å²) in [5.74, 6) is 0. The van der Waals surface area contributed by atoms with Crippen LogP contribution in [0, 0.1) is 0 Å². The van der Waals surface area contributed by atoms with E-state index in [0.29, 0.717) is 12.6 Å². The molecule has 0 amide bonds. The van der Waals surface area contributed by atoms with Crippen LogP contribution in [0.4, 0.5) is 0 Å². The fraction of sp³-hybridized carbons (Fsp3) is 0.500. The fourth-order valence-electron chi connectivity index (χ4n) is 1.99. The van der Waals surface area contributed by atoms with Crippen molar-refractivity contribution in [1.29, 1.82) is 0 Å². The molecule has 0 spiro atoms. The maximum Gasteiger partial charge on any atom is 0.0481 e. The first-order chi connectivity index (χ1) is 7.24. The molecule has 0 aliphatic heterocycles. The van der Waals surface area contributed by atoms with E-state index >= 15 is 0 Å². The Balaban J connectivity index is 2.21. The van der Waals surface area contributed by atoms with Gasteiger partial charge in [0.05, 0.1) is 0 Å². The van der Waals surface area contributed by atoms with Crippen LogP contribution in [0.5, 0.6) is 0 Å². The molecule has 2 nitrogen and oxygen atoms in total. The molecule has 1 aliphatic rings. The molecule has 0 saturated heterocycles. The van der Waals surface area contributed by atoms with Crippen molar-refractivity contribution in [2.24, 2.45) is 5.73 Å². The normalized spacial score (nSPS) is 18.1. The summed E-state index contributed by atoms with van der Waals surface area (Å²) < 4.78 is 1.16. The van der Waals surface area contributed by atoms with E-state index in [-0.39, 0.29) is 0 Å². The summed E-state index contributed by atoms with van der Waals surface area (Å²) in [5.41, 5.74) is 7.18. The van der Waals surface area contributed by atoms with Gasteiger partial charge in [0.2, 0.25) is 0 Å². The highest BCUT2D eigenvalue weighted by Gasteiger charge is 2.31. The SMILES string of the molecule is CN(C1CC1)C(CN)c1ccccc1Br. The second-order valence-corrected chi connectivity index (χ2v) is 5.02. The molecule has 1 atom stereocenters. The quantitative estimate of drug-likeness (QED) is 0.910. The molecule has 0 heterocycles. The molecule has 15 heavy (non-hydrogen) atoms.